The molecule has 2 rings (SSSR count). The number of halogens is 1. The second-order valence-electron chi connectivity index (χ2n) is 3.63. The van der Waals surface area contributed by atoms with E-state index in [0.29, 0.717) is 10.6 Å². The molecule has 0 atom stereocenters. The number of nitrogens with zero attached hydrogens (tertiary/aromatic N) is 1. The van der Waals surface area contributed by atoms with Crippen molar-refractivity contribution in [1.29, 1.82) is 5.26 Å². The number of nitriles is 1. The van der Waals surface area contributed by atoms with Crippen LogP contribution in [-0.4, -0.2) is 6.54 Å². The van der Waals surface area contributed by atoms with Crippen LogP contribution in [-0.2, 0) is 0 Å². The van der Waals surface area contributed by atoms with Gasteiger partial charge in [0, 0.05) is 6.54 Å². The van der Waals surface area contributed by atoms with Crippen molar-refractivity contribution in [1.82, 2.24) is 0 Å². The zero-order chi connectivity index (χ0) is 9.97. The second kappa shape index (κ2) is 3.89. The van der Waals surface area contributed by atoms with Crippen LogP contribution in [0.15, 0.2) is 18.2 Å². The molecule has 0 unspecified atom stereocenters. The zero-order valence-corrected chi connectivity index (χ0v) is 8.51. The Morgan fingerprint density at radius 1 is 1.50 bits per heavy atom. The van der Waals surface area contributed by atoms with Gasteiger partial charge < -0.3 is 5.32 Å². The summed E-state index contributed by atoms with van der Waals surface area (Å²) in [5.41, 5.74) is 1.53. The first kappa shape index (κ1) is 9.36. The quantitative estimate of drug-likeness (QED) is 0.825. The molecule has 1 fully saturated rings. The number of rotatable bonds is 3. The van der Waals surface area contributed by atoms with Crippen molar-refractivity contribution in [3.05, 3.63) is 28.8 Å². The fourth-order valence-electron chi connectivity index (χ4n) is 1.30. The molecule has 0 spiro atoms. The van der Waals surface area contributed by atoms with E-state index in [4.69, 9.17) is 16.9 Å². The van der Waals surface area contributed by atoms with Crippen molar-refractivity contribution in [2.45, 2.75) is 12.8 Å². The van der Waals surface area contributed by atoms with Gasteiger partial charge in [0.25, 0.3) is 0 Å². The molecule has 14 heavy (non-hydrogen) atoms. The first-order valence-corrected chi connectivity index (χ1v) is 5.11. The van der Waals surface area contributed by atoms with Gasteiger partial charge in [-0.1, -0.05) is 11.6 Å². The molecule has 72 valence electrons. The highest BCUT2D eigenvalue weighted by molar-refractivity contribution is 6.33. The summed E-state index contributed by atoms with van der Waals surface area (Å²) in [7, 11) is 0. The lowest BCUT2D eigenvalue weighted by molar-refractivity contribution is 0.889. The molecular weight excluding hydrogens is 196 g/mol. The Morgan fingerprint density at radius 2 is 2.29 bits per heavy atom. The minimum Gasteiger partial charge on any atom is -0.384 e. The molecule has 1 aliphatic carbocycles. The van der Waals surface area contributed by atoms with Crippen molar-refractivity contribution in [2.75, 3.05) is 11.9 Å². The maximum Gasteiger partial charge on any atom is 0.0992 e. The van der Waals surface area contributed by atoms with Crippen molar-refractivity contribution in [2.24, 2.45) is 5.92 Å². The highest BCUT2D eigenvalue weighted by Gasteiger charge is 2.20. The Kier molecular flexibility index (Phi) is 2.60. The molecule has 1 aliphatic rings. The molecule has 0 heterocycles. The minimum absolute atomic E-state index is 0.604. The Morgan fingerprint density at radius 3 is 2.86 bits per heavy atom. The molecule has 0 radical (unpaired) electrons. The molecule has 3 heteroatoms. The molecule has 0 bridgehead atoms. The van der Waals surface area contributed by atoms with Crippen molar-refractivity contribution >= 4 is 17.3 Å². The van der Waals surface area contributed by atoms with Crippen molar-refractivity contribution in [3.8, 4) is 6.07 Å². The van der Waals surface area contributed by atoms with Crippen LogP contribution in [0.3, 0.4) is 0 Å². The number of benzene rings is 1. The van der Waals surface area contributed by atoms with Crippen LogP contribution in [0.1, 0.15) is 18.4 Å². The molecule has 0 saturated heterocycles. The van der Waals surface area contributed by atoms with Gasteiger partial charge in [-0.3, -0.25) is 0 Å². The highest BCUT2D eigenvalue weighted by atomic mass is 35.5. The second-order valence-corrected chi connectivity index (χ2v) is 4.04. The number of nitrogens with one attached hydrogen (secondary N) is 1. The lowest BCUT2D eigenvalue weighted by Gasteiger charge is -2.07. The van der Waals surface area contributed by atoms with Gasteiger partial charge in [0.05, 0.1) is 22.3 Å². The van der Waals surface area contributed by atoms with Crippen LogP contribution in [0.25, 0.3) is 0 Å². The van der Waals surface area contributed by atoms with E-state index in [1.807, 2.05) is 6.07 Å². The van der Waals surface area contributed by atoms with Crippen LogP contribution >= 0.6 is 11.6 Å². The summed E-state index contributed by atoms with van der Waals surface area (Å²) in [4.78, 5) is 0. The van der Waals surface area contributed by atoms with Crippen LogP contribution < -0.4 is 5.32 Å². The Bertz CT molecular complexity index is 377. The normalized spacial score (nSPS) is 14.9. The van der Waals surface area contributed by atoms with E-state index in [9.17, 15) is 0 Å². The van der Waals surface area contributed by atoms with E-state index in [-0.39, 0.29) is 0 Å². The van der Waals surface area contributed by atoms with Gasteiger partial charge in [0.15, 0.2) is 0 Å². The monoisotopic (exact) mass is 206 g/mol. The molecule has 0 aromatic heterocycles. The molecule has 1 aromatic rings. The standard InChI is InChI=1S/C11H11ClN2/c12-10-5-9(6-13)3-4-11(10)14-7-8-1-2-8/h3-5,8,14H,1-2,7H2. The summed E-state index contributed by atoms with van der Waals surface area (Å²) >= 11 is 6.00. The molecule has 1 saturated carbocycles. The third kappa shape index (κ3) is 2.18. The fraction of sp³-hybridized carbons (Fsp3) is 0.364. The van der Waals surface area contributed by atoms with E-state index >= 15 is 0 Å². The maximum absolute atomic E-state index is 8.65. The van der Waals surface area contributed by atoms with Crippen LogP contribution in [0.4, 0.5) is 5.69 Å². The minimum atomic E-state index is 0.604. The Labute approximate surface area is 88.5 Å². The zero-order valence-electron chi connectivity index (χ0n) is 7.76. The van der Waals surface area contributed by atoms with Crippen molar-refractivity contribution in [3.63, 3.8) is 0 Å². The fourth-order valence-corrected chi connectivity index (χ4v) is 1.55. The summed E-state index contributed by atoms with van der Waals surface area (Å²) in [6, 6.07) is 7.39. The third-order valence-corrected chi connectivity index (χ3v) is 2.69. The van der Waals surface area contributed by atoms with Gasteiger partial charge in [-0.2, -0.15) is 5.26 Å². The average Bonchev–Trinajstić information content (AvgIpc) is 2.99. The van der Waals surface area contributed by atoms with Crippen molar-refractivity contribution < 1.29 is 0 Å². The molecule has 0 amide bonds. The summed E-state index contributed by atoms with van der Waals surface area (Å²) in [5, 5.41) is 12.6. The average molecular weight is 207 g/mol. The van der Waals surface area contributed by atoms with Gasteiger partial charge in [-0.15, -0.1) is 0 Å². The predicted octanol–water partition coefficient (Wildman–Crippen LogP) is 3.03. The third-order valence-electron chi connectivity index (χ3n) is 2.38. The van der Waals surface area contributed by atoms with Gasteiger partial charge in [-0.25, -0.2) is 0 Å². The Hall–Kier alpha value is -1.20. The lowest BCUT2D eigenvalue weighted by atomic mass is 10.2. The highest BCUT2D eigenvalue weighted by Crippen LogP contribution is 2.30. The molecule has 0 aliphatic heterocycles. The van der Waals surface area contributed by atoms with Crippen LogP contribution in [0, 0.1) is 17.2 Å². The largest absolute Gasteiger partial charge is 0.384 e. The molecule has 2 nitrogen and oxygen atoms in total. The molecule has 1 N–H and O–H groups in total. The van der Waals surface area contributed by atoms with Gasteiger partial charge >= 0.3 is 0 Å². The number of anilines is 1. The van der Waals surface area contributed by atoms with Gasteiger partial charge in [0.1, 0.15) is 0 Å². The van der Waals surface area contributed by atoms with E-state index in [1.165, 1.54) is 12.8 Å². The lowest BCUT2D eigenvalue weighted by Crippen LogP contribution is -2.03. The maximum atomic E-state index is 8.65. The van der Waals surface area contributed by atoms with Gasteiger partial charge in [0.2, 0.25) is 0 Å². The van der Waals surface area contributed by atoms with Crippen LogP contribution in [0.2, 0.25) is 5.02 Å². The Balaban J connectivity index is 2.05. The van der Waals surface area contributed by atoms with E-state index in [0.717, 1.165) is 18.2 Å². The topological polar surface area (TPSA) is 35.8 Å². The SMILES string of the molecule is N#Cc1ccc(NCC2CC2)c(Cl)c1. The number of hydrogen-bond donors (Lipinski definition) is 1. The van der Waals surface area contributed by atoms with E-state index in [2.05, 4.69) is 11.4 Å². The van der Waals surface area contributed by atoms with E-state index < -0.39 is 0 Å². The summed E-state index contributed by atoms with van der Waals surface area (Å²) < 4.78 is 0. The van der Waals surface area contributed by atoms with Crippen LogP contribution in [0.5, 0.6) is 0 Å². The summed E-state index contributed by atoms with van der Waals surface area (Å²) in [6.07, 6.45) is 2.64. The molecule has 1 aromatic carbocycles. The molecular formula is C11H11ClN2. The first-order valence-electron chi connectivity index (χ1n) is 4.73. The van der Waals surface area contributed by atoms with Gasteiger partial charge in [-0.05, 0) is 37.0 Å². The summed E-state index contributed by atoms with van der Waals surface area (Å²) in [5.74, 6) is 0.821. The first-order chi connectivity index (χ1) is 6.79. The smallest absolute Gasteiger partial charge is 0.0992 e. The predicted molar refractivity (Wildman–Crippen MR) is 57.4 cm³/mol. The number of hydrogen-bond acceptors (Lipinski definition) is 2. The summed E-state index contributed by atoms with van der Waals surface area (Å²) in [6.45, 7) is 0.992. The van der Waals surface area contributed by atoms with E-state index in [1.54, 1.807) is 12.1 Å².